The topological polar surface area (TPSA) is 86.9 Å². The van der Waals surface area contributed by atoms with E-state index in [2.05, 4.69) is 20.7 Å². The second-order valence-electron chi connectivity index (χ2n) is 4.95. The van der Waals surface area contributed by atoms with E-state index < -0.39 is 0 Å². The maximum atomic E-state index is 12.1. The van der Waals surface area contributed by atoms with Crippen LogP contribution in [0.1, 0.15) is 23.2 Å². The van der Waals surface area contributed by atoms with E-state index in [1.807, 2.05) is 0 Å². The Labute approximate surface area is 115 Å². The summed E-state index contributed by atoms with van der Waals surface area (Å²) in [5.74, 6) is 1.11. The van der Waals surface area contributed by atoms with Crippen LogP contribution in [0, 0.1) is 5.92 Å². The minimum absolute atomic E-state index is 0.287. The fourth-order valence-corrected chi connectivity index (χ4v) is 1.97. The van der Waals surface area contributed by atoms with Gasteiger partial charge in [0.2, 0.25) is 5.88 Å². The first kappa shape index (κ1) is 12.6. The van der Waals surface area contributed by atoms with Crippen LogP contribution < -0.4 is 10.1 Å². The molecule has 1 aliphatic carbocycles. The largest absolute Gasteiger partial charge is 0.479 e. The molecule has 0 aromatic carbocycles. The second-order valence-corrected chi connectivity index (χ2v) is 4.95. The third-order valence-corrected chi connectivity index (χ3v) is 3.16. The Hall–Kier alpha value is -2.38. The van der Waals surface area contributed by atoms with Crippen LogP contribution in [-0.2, 0) is 13.6 Å². The van der Waals surface area contributed by atoms with Gasteiger partial charge in [-0.3, -0.25) is 14.2 Å². The van der Waals surface area contributed by atoms with Crippen LogP contribution in [-0.4, -0.2) is 37.8 Å². The highest BCUT2D eigenvalue weighted by Gasteiger charge is 2.23. The monoisotopic (exact) mass is 276 g/mol. The molecule has 8 heteroatoms. The minimum Gasteiger partial charge on any atom is -0.479 e. The molecular formula is C12H16N6O2. The van der Waals surface area contributed by atoms with Gasteiger partial charge in [0.1, 0.15) is 5.56 Å². The van der Waals surface area contributed by atoms with E-state index in [-0.39, 0.29) is 11.8 Å². The van der Waals surface area contributed by atoms with Gasteiger partial charge in [-0.1, -0.05) is 5.21 Å². The number of nitrogens with one attached hydrogen (secondary N) is 1. The summed E-state index contributed by atoms with van der Waals surface area (Å²) in [7, 11) is 3.20. The predicted octanol–water partition coefficient (Wildman–Crippen LogP) is 0.682. The van der Waals surface area contributed by atoms with Crippen molar-refractivity contribution in [2.75, 3.05) is 12.4 Å². The van der Waals surface area contributed by atoms with Gasteiger partial charge in [-0.05, 0) is 18.8 Å². The zero-order valence-electron chi connectivity index (χ0n) is 11.4. The number of carbonyl (C=O) groups excluding carboxylic acids is 1. The Kier molecular flexibility index (Phi) is 3.13. The lowest BCUT2D eigenvalue weighted by Crippen LogP contribution is -2.12. The lowest BCUT2D eigenvalue weighted by Gasteiger charge is -2.00. The molecule has 0 unspecified atom stereocenters. The number of carbonyl (C=O) groups is 1. The first-order valence-corrected chi connectivity index (χ1v) is 6.45. The van der Waals surface area contributed by atoms with Crippen molar-refractivity contribution in [1.29, 1.82) is 0 Å². The molecule has 3 rings (SSSR count). The second kappa shape index (κ2) is 4.95. The zero-order chi connectivity index (χ0) is 14.1. The summed E-state index contributed by atoms with van der Waals surface area (Å²) in [5.41, 5.74) is 0.367. The molecule has 0 aliphatic heterocycles. The molecule has 2 aromatic heterocycles. The van der Waals surface area contributed by atoms with Crippen molar-refractivity contribution in [3.63, 3.8) is 0 Å². The maximum Gasteiger partial charge on any atom is 0.264 e. The van der Waals surface area contributed by atoms with Gasteiger partial charge in [-0.25, -0.2) is 0 Å². The van der Waals surface area contributed by atoms with E-state index in [1.54, 1.807) is 24.1 Å². The Morgan fingerprint density at radius 3 is 3.00 bits per heavy atom. The number of hydrogen-bond donors (Lipinski definition) is 1. The number of anilines is 1. The minimum atomic E-state index is -0.312. The van der Waals surface area contributed by atoms with Crippen LogP contribution in [0.5, 0.6) is 5.88 Å². The van der Waals surface area contributed by atoms with E-state index in [0.29, 0.717) is 17.3 Å². The molecule has 0 saturated heterocycles. The molecule has 1 saturated carbocycles. The summed E-state index contributed by atoms with van der Waals surface area (Å²) in [4.78, 5) is 12.1. The van der Waals surface area contributed by atoms with Crippen molar-refractivity contribution in [1.82, 2.24) is 24.8 Å². The van der Waals surface area contributed by atoms with Gasteiger partial charge in [0, 0.05) is 19.8 Å². The smallest absolute Gasteiger partial charge is 0.264 e. The number of methoxy groups -OCH3 is 1. The third-order valence-electron chi connectivity index (χ3n) is 3.16. The molecule has 0 bridgehead atoms. The maximum absolute atomic E-state index is 12.1. The molecular weight excluding hydrogens is 260 g/mol. The van der Waals surface area contributed by atoms with Gasteiger partial charge in [-0.2, -0.15) is 0 Å². The van der Waals surface area contributed by atoms with Gasteiger partial charge >= 0.3 is 0 Å². The molecule has 1 N–H and O–H groups in total. The SMILES string of the molecule is COc1nn(C)cc1C(=O)Nc1cn(CC2CC2)nn1. The number of amides is 1. The van der Waals surface area contributed by atoms with Crippen molar-refractivity contribution >= 4 is 11.7 Å². The van der Waals surface area contributed by atoms with Crippen molar-refractivity contribution < 1.29 is 9.53 Å². The first-order valence-electron chi connectivity index (χ1n) is 6.45. The summed E-state index contributed by atoms with van der Waals surface area (Å²) < 4.78 is 8.34. The normalized spacial score (nSPS) is 14.3. The Balaban J connectivity index is 1.69. The van der Waals surface area contributed by atoms with E-state index in [4.69, 9.17) is 4.74 Å². The van der Waals surface area contributed by atoms with Crippen LogP contribution in [0.2, 0.25) is 0 Å². The highest BCUT2D eigenvalue weighted by Crippen LogP contribution is 2.30. The number of ether oxygens (including phenoxy) is 1. The first-order chi connectivity index (χ1) is 9.65. The molecule has 1 aliphatic rings. The summed E-state index contributed by atoms with van der Waals surface area (Å²) >= 11 is 0. The zero-order valence-corrected chi connectivity index (χ0v) is 11.4. The highest BCUT2D eigenvalue weighted by molar-refractivity contribution is 6.05. The number of nitrogens with zero attached hydrogens (tertiary/aromatic N) is 5. The number of hydrogen-bond acceptors (Lipinski definition) is 5. The summed E-state index contributed by atoms with van der Waals surface area (Å²) in [5, 5.41) is 14.7. The van der Waals surface area contributed by atoms with Gasteiger partial charge in [-0.15, -0.1) is 10.2 Å². The highest BCUT2D eigenvalue weighted by atomic mass is 16.5. The van der Waals surface area contributed by atoms with Gasteiger partial charge < -0.3 is 10.1 Å². The number of rotatable bonds is 5. The van der Waals surface area contributed by atoms with E-state index in [1.165, 1.54) is 24.6 Å². The fourth-order valence-electron chi connectivity index (χ4n) is 1.97. The molecule has 0 spiro atoms. The summed E-state index contributed by atoms with van der Waals surface area (Å²) in [6.45, 7) is 0.860. The van der Waals surface area contributed by atoms with Crippen LogP contribution in [0.25, 0.3) is 0 Å². The van der Waals surface area contributed by atoms with Crippen molar-refractivity contribution in [2.45, 2.75) is 19.4 Å². The standard InChI is InChI=1S/C12H16N6O2/c1-17-6-9(12(15-17)20-2)11(19)13-10-7-18(16-14-10)5-8-3-4-8/h6-8H,3-5H2,1-2H3,(H,13,19). The Morgan fingerprint density at radius 2 is 2.30 bits per heavy atom. The molecule has 2 heterocycles. The van der Waals surface area contributed by atoms with E-state index >= 15 is 0 Å². The van der Waals surface area contributed by atoms with Crippen molar-refractivity contribution in [3.05, 3.63) is 18.0 Å². The average molecular weight is 276 g/mol. The lowest BCUT2D eigenvalue weighted by molar-refractivity contribution is 0.102. The number of aryl methyl sites for hydroxylation is 1. The molecule has 0 radical (unpaired) electrons. The molecule has 0 atom stereocenters. The predicted molar refractivity (Wildman–Crippen MR) is 70.5 cm³/mol. The van der Waals surface area contributed by atoms with Crippen LogP contribution in [0.4, 0.5) is 5.82 Å². The Bertz CT molecular complexity index is 628. The number of aromatic nitrogens is 5. The van der Waals surface area contributed by atoms with Crippen LogP contribution >= 0.6 is 0 Å². The molecule has 8 nitrogen and oxygen atoms in total. The van der Waals surface area contributed by atoms with Gasteiger partial charge in [0.05, 0.1) is 13.3 Å². The van der Waals surface area contributed by atoms with Gasteiger partial charge in [0.25, 0.3) is 5.91 Å². The van der Waals surface area contributed by atoms with Crippen LogP contribution in [0.15, 0.2) is 12.4 Å². The van der Waals surface area contributed by atoms with Crippen molar-refractivity contribution in [2.24, 2.45) is 13.0 Å². The summed E-state index contributed by atoms with van der Waals surface area (Å²) in [6, 6.07) is 0. The summed E-state index contributed by atoms with van der Waals surface area (Å²) in [6.07, 6.45) is 5.82. The molecule has 1 amide bonds. The van der Waals surface area contributed by atoms with E-state index in [0.717, 1.165) is 6.54 Å². The fraction of sp³-hybridized carbons (Fsp3) is 0.500. The molecule has 106 valence electrons. The lowest BCUT2D eigenvalue weighted by atomic mass is 10.3. The quantitative estimate of drug-likeness (QED) is 0.868. The van der Waals surface area contributed by atoms with Crippen molar-refractivity contribution in [3.8, 4) is 5.88 Å². The molecule has 2 aromatic rings. The Morgan fingerprint density at radius 1 is 1.50 bits per heavy atom. The van der Waals surface area contributed by atoms with Crippen LogP contribution in [0.3, 0.4) is 0 Å². The van der Waals surface area contributed by atoms with E-state index in [9.17, 15) is 4.79 Å². The average Bonchev–Trinajstić information content (AvgIpc) is 2.98. The molecule has 1 fully saturated rings. The third kappa shape index (κ3) is 2.63. The van der Waals surface area contributed by atoms with Gasteiger partial charge in [0.15, 0.2) is 5.82 Å². The molecule has 20 heavy (non-hydrogen) atoms.